The highest BCUT2D eigenvalue weighted by molar-refractivity contribution is 6.34. The molecule has 0 radical (unpaired) electrons. The van der Waals surface area contributed by atoms with Crippen LogP contribution in [0.15, 0.2) is 66.7 Å². The molecule has 2 N–H and O–H groups in total. The van der Waals surface area contributed by atoms with Gasteiger partial charge >= 0.3 is 0 Å². The predicted molar refractivity (Wildman–Crippen MR) is 118 cm³/mol. The molecule has 2 amide bonds. The molecule has 0 fully saturated rings. The fourth-order valence-electron chi connectivity index (χ4n) is 2.70. The molecule has 30 heavy (non-hydrogen) atoms. The Morgan fingerprint density at radius 1 is 0.833 bits per heavy atom. The topological polar surface area (TPSA) is 76.7 Å². The summed E-state index contributed by atoms with van der Waals surface area (Å²) in [6.45, 7) is 2.47. The molecule has 3 aromatic carbocycles. The summed E-state index contributed by atoms with van der Waals surface area (Å²) in [4.78, 5) is 25.1. The van der Waals surface area contributed by atoms with Crippen molar-refractivity contribution in [1.29, 1.82) is 0 Å². The maximum absolute atomic E-state index is 12.6. The lowest BCUT2D eigenvalue weighted by Crippen LogP contribution is -2.15. The highest BCUT2D eigenvalue weighted by Crippen LogP contribution is 2.25. The third kappa shape index (κ3) is 5.30. The molecule has 7 heteroatoms. The largest absolute Gasteiger partial charge is 0.497 e. The van der Waals surface area contributed by atoms with Crippen LogP contribution in [0.4, 0.5) is 11.4 Å². The van der Waals surface area contributed by atoms with Gasteiger partial charge in [0.25, 0.3) is 11.8 Å². The highest BCUT2D eigenvalue weighted by atomic mass is 35.5. The van der Waals surface area contributed by atoms with Crippen molar-refractivity contribution in [3.05, 3.63) is 82.9 Å². The molecule has 0 aliphatic heterocycles. The zero-order chi connectivity index (χ0) is 21.5. The lowest BCUT2D eigenvalue weighted by molar-refractivity contribution is 0.101. The van der Waals surface area contributed by atoms with Crippen molar-refractivity contribution in [1.82, 2.24) is 0 Å². The fourth-order valence-corrected chi connectivity index (χ4v) is 2.87. The Bertz CT molecular complexity index is 1030. The van der Waals surface area contributed by atoms with Crippen LogP contribution in [0.1, 0.15) is 27.6 Å². The van der Waals surface area contributed by atoms with Crippen LogP contribution in [-0.4, -0.2) is 25.5 Å². The number of ether oxygens (including phenoxy) is 2. The summed E-state index contributed by atoms with van der Waals surface area (Å²) in [5.74, 6) is 0.711. The molecule has 154 valence electrons. The molecule has 0 aromatic heterocycles. The maximum atomic E-state index is 12.6. The van der Waals surface area contributed by atoms with Crippen LogP contribution in [0, 0.1) is 0 Å². The van der Waals surface area contributed by atoms with E-state index in [0.717, 1.165) is 5.75 Å². The second-order valence-corrected chi connectivity index (χ2v) is 6.70. The Morgan fingerprint density at radius 2 is 1.43 bits per heavy atom. The monoisotopic (exact) mass is 424 g/mol. The number of nitrogens with one attached hydrogen (secondary N) is 2. The number of hydrogen-bond donors (Lipinski definition) is 2. The zero-order valence-electron chi connectivity index (χ0n) is 16.6. The molecule has 0 aliphatic rings. The van der Waals surface area contributed by atoms with Gasteiger partial charge in [-0.2, -0.15) is 0 Å². The normalized spacial score (nSPS) is 10.2. The van der Waals surface area contributed by atoms with E-state index in [9.17, 15) is 9.59 Å². The first kappa shape index (κ1) is 21.2. The molecule has 0 aliphatic carbocycles. The number of amides is 2. The molecular formula is C23H21ClN2O4. The van der Waals surface area contributed by atoms with E-state index in [1.165, 1.54) is 6.07 Å². The SMILES string of the molecule is CCOc1ccc(NC(=O)c2ccc(Cl)c(NC(=O)c3ccc(OC)cc3)c2)cc1. The number of halogens is 1. The molecule has 0 heterocycles. The second kappa shape index (κ2) is 9.80. The third-order valence-electron chi connectivity index (χ3n) is 4.25. The molecule has 0 unspecified atom stereocenters. The average molecular weight is 425 g/mol. The van der Waals surface area contributed by atoms with Crippen molar-refractivity contribution in [3.63, 3.8) is 0 Å². The summed E-state index contributed by atoms with van der Waals surface area (Å²) in [5.41, 5.74) is 1.77. The molecule has 0 atom stereocenters. The molecule has 0 spiro atoms. The molecule has 3 rings (SSSR count). The van der Waals surface area contributed by atoms with E-state index in [-0.39, 0.29) is 11.8 Å². The van der Waals surface area contributed by atoms with Gasteiger partial charge in [0.15, 0.2) is 0 Å². The van der Waals surface area contributed by atoms with Crippen LogP contribution in [-0.2, 0) is 0 Å². The van der Waals surface area contributed by atoms with Crippen LogP contribution in [0.2, 0.25) is 5.02 Å². The Morgan fingerprint density at radius 3 is 2.07 bits per heavy atom. The van der Waals surface area contributed by atoms with Gasteiger partial charge in [-0.3, -0.25) is 9.59 Å². The second-order valence-electron chi connectivity index (χ2n) is 6.29. The van der Waals surface area contributed by atoms with Gasteiger partial charge in [0.1, 0.15) is 11.5 Å². The minimum Gasteiger partial charge on any atom is -0.497 e. The van der Waals surface area contributed by atoms with Gasteiger partial charge in [-0.25, -0.2) is 0 Å². The number of carbonyl (C=O) groups is 2. The van der Waals surface area contributed by atoms with Gasteiger partial charge in [-0.1, -0.05) is 11.6 Å². The van der Waals surface area contributed by atoms with Crippen molar-refractivity contribution in [2.75, 3.05) is 24.4 Å². The van der Waals surface area contributed by atoms with E-state index in [1.54, 1.807) is 67.8 Å². The number of rotatable bonds is 7. The van der Waals surface area contributed by atoms with Crippen LogP contribution in [0.5, 0.6) is 11.5 Å². The zero-order valence-corrected chi connectivity index (χ0v) is 17.3. The quantitative estimate of drug-likeness (QED) is 0.543. The summed E-state index contributed by atoms with van der Waals surface area (Å²) < 4.78 is 10.5. The minimum absolute atomic E-state index is 0.323. The van der Waals surface area contributed by atoms with E-state index in [4.69, 9.17) is 21.1 Å². The Labute approximate surface area is 179 Å². The van der Waals surface area contributed by atoms with Crippen molar-refractivity contribution in [2.45, 2.75) is 6.92 Å². The first-order valence-corrected chi connectivity index (χ1v) is 9.67. The van der Waals surface area contributed by atoms with Crippen molar-refractivity contribution in [2.24, 2.45) is 0 Å². The summed E-state index contributed by atoms with van der Waals surface area (Å²) in [7, 11) is 1.55. The molecule has 6 nitrogen and oxygen atoms in total. The Hall–Kier alpha value is -3.51. The average Bonchev–Trinajstić information content (AvgIpc) is 2.76. The maximum Gasteiger partial charge on any atom is 0.255 e. The van der Waals surface area contributed by atoms with E-state index in [1.807, 2.05) is 6.92 Å². The summed E-state index contributed by atoms with van der Waals surface area (Å²) in [6.07, 6.45) is 0. The summed E-state index contributed by atoms with van der Waals surface area (Å²) in [5, 5.41) is 5.87. The number of methoxy groups -OCH3 is 1. The number of carbonyl (C=O) groups excluding carboxylic acids is 2. The number of anilines is 2. The number of benzene rings is 3. The van der Waals surface area contributed by atoms with Gasteiger partial charge in [-0.15, -0.1) is 0 Å². The van der Waals surface area contributed by atoms with Crippen LogP contribution in [0.3, 0.4) is 0 Å². The summed E-state index contributed by atoms with van der Waals surface area (Å²) >= 11 is 6.21. The van der Waals surface area contributed by atoms with E-state index in [2.05, 4.69) is 10.6 Å². The van der Waals surface area contributed by atoms with E-state index < -0.39 is 0 Å². The van der Waals surface area contributed by atoms with Crippen LogP contribution >= 0.6 is 11.6 Å². The van der Waals surface area contributed by atoms with Crippen LogP contribution in [0.25, 0.3) is 0 Å². The van der Waals surface area contributed by atoms with Gasteiger partial charge in [-0.05, 0) is 73.7 Å². The lowest BCUT2D eigenvalue weighted by atomic mass is 10.1. The molecule has 0 saturated carbocycles. The van der Waals surface area contributed by atoms with Crippen molar-refractivity contribution in [3.8, 4) is 11.5 Å². The van der Waals surface area contributed by atoms with Gasteiger partial charge < -0.3 is 20.1 Å². The van der Waals surface area contributed by atoms with Gasteiger partial charge in [0.2, 0.25) is 0 Å². The summed E-state index contributed by atoms with van der Waals surface area (Å²) in [6, 6.07) is 18.4. The molecule has 0 bridgehead atoms. The van der Waals surface area contributed by atoms with E-state index in [0.29, 0.717) is 39.9 Å². The van der Waals surface area contributed by atoms with Gasteiger partial charge in [0.05, 0.1) is 24.4 Å². The predicted octanol–water partition coefficient (Wildman–Crippen LogP) is 5.25. The molecule has 3 aromatic rings. The van der Waals surface area contributed by atoms with Crippen LogP contribution < -0.4 is 20.1 Å². The highest BCUT2D eigenvalue weighted by Gasteiger charge is 2.13. The first-order chi connectivity index (χ1) is 14.5. The Balaban J connectivity index is 1.71. The molecular weight excluding hydrogens is 404 g/mol. The fraction of sp³-hybridized carbons (Fsp3) is 0.130. The lowest BCUT2D eigenvalue weighted by Gasteiger charge is -2.11. The van der Waals surface area contributed by atoms with Gasteiger partial charge in [0, 0.05) is 16.8 Å². The minimum atomic E-state index is -0.344. The smallest absolute Gasteiger partial charge is 0.255 e. The first-order valence-electron chi connectivity index (χ1n) is 9.29. The molecule has 0 saturated heterocycles. The Kier molecular flexibility index (Phi) is 6.93. The third-order valence-corrected chi connectivity index (χ3v) is 4.58. The van der Waals surface area contributed by atoms with Crippen molar-refractivity contribution >= 4 is 34.8 Å². The van der Waals surface area contributed by atoms with Crippen molar-refractivity contribution < 1.29 is 19.1 Å². The van der Waals surface area contributed by atoms with E-state index >= 15 is 0 Å². The number of hydrogen-bond acceptors (Lipinski definition) is 4. The standard InChI is InChI=1S/C23H21ClN2O4/c1-3-30-19-11-7-17(8-12-19)25-23(28)16-6-13-20(24)21(14-16)26-22(27)15-4-9-18(29-2)10-5-15/h4-14H,3H2,1-2H3,(H,25,28)(H,26,27).